The Morgan fingerprint density at radius 2 is 2.18 bits per heavy atom. The molecule has 0 bridgehead atoms. The van der Waals surface area contributed by atoms with Crippen LogP contribution in [0.4, 0.5) is 0 Å². The molecule has 0 radical (unpaired) electrons. The van der Waals surface area contributed by atoms with E-state index in [2.05, 4.69) is 5.32 Å². The van der Waals surface area contributed by atoms with Gasteiger partial charge in [-0.25, -0.2) is 0 Å². The minimum atomic E-state index is 0.0651. The van der Waals surface area contributed by atoms with Gasteiger partial charge < -0.3 is 25.0 Å². The van der Waals surface area contributed by atoms with Gasteiger partial charge in [-0.3, -0.25) is 0 Å². The lowest BCUT2D eigenvalue weighted by molar-refractivity contribution is -0.0864. The first kappa shape index (κ1) is 12.2. The predicted molar refractivity (Wildman–Crippen MR) is 62.0 cm³/mol. The maximum absolute atomic E-state index is 9.57. The van der Waals surface area contributed by atoms with Gasteiger partial charge in [0.15, 0.2) is 0 Å². The van der Waals surface area contributed by atoms with Gasteiger partial charge in [0, 0.05) is 24.7 Å². The van der Waals surface area contributed by atoms with E-state index in [0.29, 0.717) is 32.9 Å². The number of nitrogens with one attached hydrogen (secondary N) is 1. The Hall–Kier alpha value is -1.30. The van der Waals surface area contributed by atoms with Crippen molar-refractivity contribution in [2.45, 2.75) is 12.6 Å². The molecule has 3 N–H and O–H groups in total. The third kappa shape index (κ3) is 3.59. The summed E-state index contributed by atoms with van der Waals surface area (Å²) >= 11 is 0. The third-order valence-electron chi connectivity index (χ3n) is 2.64. The van der Waals surface area contributed by atoms with Crippen molar-refractivity contribution in [1.82, 2.24) is 5.32 Å². The molecule has 17 heavy (non-hydrogen) atoms. The molecule has 1 saturated heterocycles. The molecule has 1 aliphatic heterocycles. The van der Waals surface area contributed by atoms with Crippen LogP contribution in [0.15, 0.2) is 18.2 Å². The summed E-state index contributed by atoms with van der Waals surface area (Å²) in [6.45, 7) is 3.12. The molecule has 0 amide bonds. The van der Waals surface area contributed by atoms with E-state index in [9.17, 15) is 5.11 Å². The van der Waals surface area contributed by atoms with Gasteiger partial charge in [-0.2, -0.15) is 0 Å². The lowest BCUT2D eigenvalue weighted by Gasteiger charge is -2.23. The highest BCUT2D eigenvalue weighted by Crippen LogP contribution is 2.22. The number of phenols is 2. The number of hydrogen-bond donors (Lipinski definition) is 3. The Balaban J connectivity index is 1.77. The number of aromatic hydroxyl groups is 2. The minimum absolute atomic E-state index is 0.0651. The average molecular weight is 239 g/mol. The van der Waals surface area contributed by atoms with E-state index < -0.39 is 0 Å². The van der Waals surface area contributed by atoms with E-state index in [4.69, 9.17) is 14.6 Å². The Bertz CT molecular complexity index is 364. The van der Waals surface area contributed by atoms with E-state index in [1.54, 1.807) is 12.1 Å². The number of phenolic OH excluding ortho intramolecular Hbond substituents is 2. The molecule has 1 fully saturated rings. The summed E-state index contributed by atoms with van der Waals surface area (Å²) in [5.74, 6) is 0.161. The van der Waals surface area contributed by atoms with Crippen LogP contribution >= 0.6 is 0 Å². The molecule has 1 aliphatic rings. The molecule has 0 aromatic heterocycles. The normalized spacial score (nSPS) is 20.4. The first-order valence-corrected chi connectivity index (χ1v) is 5.66. The lowest BCUT2D eigenvalue weighted by Crippen LogP contribution is -2.37. The fourth-order valence-electron chi connectivity index (χ4n) is 1.72. The number of rotatable bonds is 4. The van der Waals surface area contributed by atoms with Crippen molar-refractivity contribution in [2.75, 3.05) is 26.4 Å². The predicted octanol–water partition coefficient (Wildman–Crippen LogP) is 0.603. The molecule has 0 aliphatic carbocycles. The van der Waals surface area contributed by atoms with E-state index in [-0.39, 0.29) is 17.6 Å². The van der Waals surface area contributed by atoms with Crippen molar-refractivity contribution in [3.63, 3.8) is 0 Å². The molecule has 5 nitrogen and oxygen atoms in total. The average Bonchev–Trinajstić information content (AvgIpc) is 2.33. The number of hydrogen-bond acceptors (Lipinski definition) is 5. The van der Waals surface area contributed by atoms with Gasteiger partial charge in [-0.05, 0) is 6.07 Å². The summed E-state index contributed by atoms with van der Waals surface area (Å²) in [5.41, 5.74) is 0.750. The summed E-state index contributed by atoms with van der Waals surface area (Å²) in [4.78, 5) is 0. The SMILES string of the molecule is Oc1ccc(CNCC2COCCO2)c(O)c1. The molecular weight excluding hydrogens is 222 g/mol. The molecule has 2 rings (SSSR count). The van der Waals surface area contributed by atoms with Gasteiger partial charge in [0.1, 0.15) is 11.5 Å². The van der Waals surface area contributed by atoms with E-state index >= 15 is 0 Å². The molecule has 1 atom stereocenters. The molecule has 1 unspecified atom stereocenters. The standard InChI is InChI=1S/C12H17NO4/c14-10-2-1-9(12(15)5-10)6-13-7-11-8-16-3-4-17-11/h1-2,5,11,13-15H,3-4,6-8H2. The third-order valence-corrected chi connectivity index (χ3v) is 2.64. The Kier molecular flexibility index (Phi) is 4.19. The van der Waals surface area contributed by atoms with Gasteiger partial charge in [0.2, 0.25) is 0 Å². The highest BCUT2D eigenvalue weighted by Gasteiger charge is 2.13. The van der Waals surface area contributed by atoms with Crippen molar-refractivity contribution in [2.24, 2.45) is 0 Å². The number of benzene rings is 1. The van der Waals surface area contributed by atoms with E-state index in [1.165, 1.54) is 6.07 Å². The van der Waals surface area contributed by atoms with Crippen LogP contribution in [0.5, 0.6) is 11.5 Å². The van der Waals surface area contributed by atoms with Crippen LogP contribution in [0.1, 0.15) is 5.56 Å². The Morgan fingerprint density at radius 3 is 2.88 bits per heavy atom. The smallest absolute Gasteiger partial charge is 0.123 e. The Morgan fingerprint density at radius 1 is 1.29 bits per heavy atom. The van der Waals surface area contributed by atoms with Gasteiger partial charge in [0.05, 0.1) is 25.9 Å². The molecule has 1 aromatic carbocycles. The van der Waals surface area contributed by atoms with Gasteiger partial charge in [-0.1, -0.05) is 6.07 Å². The molecule has 0 spiro atoms. The fourth-order valence-corrected chi connectivity index (χ4v) is 1.72. The lowest BCUT2D eigenvalue weighted by atomic mass is 10.2. The van der Waals surface area contributed by atoms with Crippen LogP contribution in [0.3, 0.4) is 0 Å². The number of ether oxygens (including phenoxy) is 2. The zero-order chi connectivity index (χ0) is 12.1. The molecular formula is C12H17NO4. The van der Waals surface area contributed by atoms with Gasteiger partial charge >= 0.3 is 0 Å². The molecule has 94 valence electrons. The summed E-state index contributed by atoms with van der Waals surface area (Å²) in [7, 11) is 0. The zero-order valence-corrected chi connectivity index (χ0v) is 9.56. The highest BCUT2D eigenvalue weighted by molar-refractivity contribution is 5.38. The summed E-state index contributed by atoms with van der Waals surface area (Å²) < 4.78 is 10.8. The second-order valence-electron chi connectivity index (χ2n) is 4.01. The molecule has 1 aromatic rings. The molecule has 1 heterocycles. The summed E-state index contributed by atoms with van der Waals surface area (Å²) in [5, 5.41) is 21.9. The van der Waals surface area contributed by atoms with Crippen molar-refractivity contribution in [1.29, 1.82) is 0 Å². The van der Waals surface area contributed by atoms with E-state index in [1.807, 2.05) is 0 Å². The van der Waals surface area contributed by atoms with Crippen LogP contribution in [-0.4, -0.2) is 42.7 Å². The van der Waals surface area contributed by atoms with Crippen molar-refractivity contribution in [3.05, 3.63) is 23.8 Å². The van der Waals surface area contributed by atoms with Crippen molar-refractivity contribution >= 4 is 0 Å². The second kappa shape index (κ2) is 5.86. The maximum Gasteiger partial charge on any atom is 0.123 e. The Labute approximate surface area is 100.0 Å². The molecule has 0 saturated carbocycles. The monoisotopic (exact) mass is 239 g/mol. The highest BCUT2D eigenvalue weighted by atomic mass is 16.6. The van der Waals surface area contributed by atoms with Crippen LogP contribution in [0, 0.1) is 0 Å². The second-order valence-corrected chi connectivity index (χ2v) is 4.01. The first-order chi connectivity index (χ1) is 8.25. The topological polar surface area (TPSA) is 71.0 Å². The van der Waals surface area contributed by atoms with Gasteiger partial charge in [0.25, 0.3) is 0 Å². The van der Waals surface area contributed by atoms with E-state index in [0.717, 1.165) is 5.56 Å². The first-order valence-electron chi connectivity index (χ1n) is 5.66. The summed E-state index contributed by atoms with van der Waals surface area (Å²) in [6.07, 6.45) is 0.0722. The van der Waals surface area contributed by atoms with Crippen LogP contribution < -0.4 is 5.32 Å². The molecule has 5 heteroatoms. The van der Waals surface area contributed by atoms with Crippen LogP contribution in [-0.2, 0) is 16.0 Å². The van der Waals surface area contributed by atoms with Crippen molar-refractivity contribution in [3.8, 4) is 11.5 Å². The minimum Gasteiger partial charge on any atom is -0.508 e. The maximum atomic E-state index is 9.57. The van der Waals surface area contributed by atoms with Crippen molar-refractivity contribution < 1.29 is 19.7 Å². The fraction of sp³-hybridized carbons (Fsp3) is 0.500. The van der Waals surface area contributed by atoms with Crippen LogP contribution in [0.2, 0.25) is 0 Å². The van der Waals surface area contributed by atoms with Gasteiger partial charge in [-0.15, -0.1) is 0 Å². The van der Waals surface area contributed by atoms with Crippen LogP contribution in [0.25, 0.3) is 0 Å². The zero-order valence-electron chi connectivity index (χ0n) is 9.56. The largest absolute Gasteiger partial charge is 0.508 e. The quantitative estimate of drug-likeness (QED) is 0.718. The summed E-state index contributed by atoms with van der Waals surface area (Å²) in [6, 6.07) is 4.57.